The van der Waals surface area contributed by atoms with E-state index in [4.69, 9.17) is 16.3 Å². The van der Waals surface area contributed by atoms with Gasteiger partial charge in [0.2, 0.25) is 5.72 Å². The molecule has 0 aliphatic carbocycles. The number of nitrogens with one attached hydrogen (secondary N) is 1. The zero-order valence-corrected chi connectivity index (χ0v) is 17.8. The molecule has 178 valence electrons. The van der Waals surface area contributed by atoms with Crippen molar-refractivity contribution in [3.05, 3.63) is 32.1 Å². The van der Waals surface area contributed by atoms with E-state index in [1.807, 2.05) is 0 Å². The van der Waals surface area contributed by atoms with Crippen LogP contribution in [0.5, 0.6) is 0 Å². The molecule has 0 saturated carbocycles. The Morgan fingerprint density at radius 1 is 1.29 bits per heavy atom. The SMILES string of the molecule is CCCCCCCCC(F)N(O)[C@@]1(O)[C@H](O)[C@@H](CO)O[C@]1(O)n1cc(Cl)c(=O)[nH]c1=O. The van der Waals surface area contributed by atoms with E-state index in [-0.39, 0.29) is 16.1 Å². The quantitative estimate of drug-likeness (QED) is 0.113. The van der Waals surface area contributed by atoms with Crippen LogP contribution in [0.4, 0.5) is 4.39 Å². The Kier molecular flexibility index (Phi) is 8.76. The van der Waals surface area contributed by atoms with Crippen LogP contribution in [0.1, 0.15) is 51.9 Å². The van der Waals surface area contributed by atoms with E-state index in [2.05, 4.69) is 6.92 Å². The molecule has 1 fully saturated rings. The van der Waals surface area contributed by atoms with Crippen LogP contribution < -0.4 is 11.2 Å². The Morgan fingerprint density at radius 2 is 1.90 bits per heavy atom. The maximum absolute atomic E-state index is 14.8. The smallest absolute Gasteiger partial charge is 0.332 e. The molecule has 6 N–H and O–H groups in total. The Morgan fingerprint density at radius 3 is 2.52 bits per heavy atom. The Bertz CT molecular complexity index is 854. The van der Waals surface area contributed by atoms with Crippen LogP contribution in [0.2, 0.25) is 5.02 Å². The number of aromatic amines is 1. The number of hydrogen-bond donors (Lipinski definition) is 6. The lowest BCUT2D eigenvalue weighted by Gasteiger charge is -2.43. The van der Waals surface area contributed by atoms with Gasteiger partial charge in [-0.3, -0.25) is 9.78 Å². The highest BCUT2D eigenvalue weighted by Crippen LogP contribution is 2.44. The highest BCUT2D eigenvalue weighted by molar-refractivity contribution is 6.30. The summed E-state index contributed by atoms with van der Waals surface area (Å²) in [7, 11) is 0. The number of H-pyrrole nitrogens is 1. The molecule has 0 spiro atoms. The summed E-state index contributed by atoms with van der Waals surface area (Å²) in [6.45, 7) is 1.10. The molecule has 31 heavy (non-hydrogen) atoms. The minimum absolute atomic E-state index is 0.191. The number of unbranched alkanes of at least 4 members (excludes halogenated alkanes) is 5. The number of hydrogen-bond acceptors (Lipinski definition) is 9. The maximum atomic E-state index is 14.8. The Labute approximate surface area is 182 Å². The van der Waals surface area contributed by atoms with Crippen molar-refractivity contribution in [2.75, 3.05) is 6.61 Å². The van der Waals surface area contributed by atoms with Crippen LogP contribution in [0.15, 0.2) is 15.8 Å². The lowest BCUT2D eigenvalue weighted by molar-refractivity contribution is -0.428. The van der Waals surface area contributed by atoms with Gasteiger partial charge in [-0.15, -0.1) is 5.06 Å². The van der Waals surface area contributed by atoms with Crippen molar-refractivity contribution in [3.63, 3.8) is 0 Å². The van der Waals surface area contributed by atoms with Crippen LogP contribution in [0, 0.1) is 0 Å². The van der Waals surface area contributed by atoms with Gasteiger partial charge in [-0.05, 0) is 12.8 Å². The van der Waals surface area contributed by atoms with Crippen molar-refractivity contribution >= 4 is 11.6 Å². The average molecular weight is 470 g/mol. The first-order valence-corrected chi connectivity index (χ1v) is 10.5. The van der Waals surface area contributed by atoms with Gasteiger partial charge in [0, 0.05) is 6.20 Å². The minimum Gasteiger partial charge on any atom is -0.394 e. The summed E-state index contributed by atoms with van der Waals surface area (Å²) >= 11 is 5.67. The molecule has 1 aromatic rings. The fourth-order valence-electron chi connectivity index (χ4n) is 3.57. The predicted molar refractivity (Wildman–Crippen MR) is 106 cm³/mol. The third-order valence-electron chi connectivity index (χ3n) is 5.38. The van der Waals surface area contributed by atoms with Gasteiger partial charge >= 0.3 is 11.6 Å². The molecule has 0 radical (unpaired) electrons. The van der Waals surface area contributed by atoms with E-state index in [1.54, 1.807) is 4.98 Å². The molecule has 0 amide bonds. The summed E-state index contributed by atoms with van der Waals surface area (Å²) in [5.41, 5.74) is -5.69. The van der Waals surface area contributed by atoms with E-state index in [9.17, 15) is 39.6 Å². The number of halogens is 2. The number of aliphatic hydroxyl groups excluding tert-OH is 2. The number of aromatic nitrogens is 2. The van der Waals surface area contributed by atoms with Gasteiger partial charge in [0.15, 0.2) is 6.30 Å². The predicted octanol–water partition coefficient (Wildman–Crippen LogP) is -0.0294. The monoisotopic (exact) mass is 469 g/mol. The maximum Gasteiger partial charge on any atom is 0.332 e. The molecule has 1 aliphatic heterocycles. The van der Waals surface area contributed by atoms with Crippen LogP contribution in [-0.4, -0.2) is 71.1 Å². The van der Waals surface area contributed by atoms with Gasteiger partial charge in [0.1, 0.15) is 17.2 Å². The lowest BCUT2D eigenvalue weighted by Crippen LogP contribution is -2.69. The second kappa shape index (κ2) is 10.5. The average Bonchev–Trinajstić information content (AvgIpc) is 2.94. The number of ether oxygens (including phenoxy) is 1. The molecule has 1 unspecified atom stereocenters. The third-order valence-corrected chi connectivity index (χ3v) is 5.64. The topological polar surface area (TPSA) is 168 Å². The number of hydroxylamine groups is 2. The van der Waals surface area contributed by atoms with Crippen molar-refractivity contribution in [2.24, 2.45) is 0 Å². The highest BCUT2D eigenvalue weighted by atomic mass is 35.5. The first kappa shape index (κ1) is 25.9. The summed E-state index contributed by atoms with van der Waals surface area (Å²) < 4.78 is 20.0. The molecule has 1 aliphatic rings. The molecular weight excluding hydrogens is 441 g/mol. The van der Waals surface area contributed by atoms with Gasteiger partial charge in [-0.1, -0.05) is 50.6 Å². The highest BCUT2D eigenvalue weighted by Gasteiger charge is 2.71. The Hall–Kier alpha value is -1.38. The second-order valence-electron chi connectivity index (χ2n) is 7.56. The summed E-state index contributed by atoms with van der Waals surface area (Å²) in [4.78, 5) is 25.5. The molecular formula is C18H29ClFN3O8. The van der Waals surface area contributed by atoms with Crippen molar-refractivity contribution in [1.82, 2.24) is 14.6 Å². The molecule has 11 nitrogen and oxygen atoms in total. The lowest BCUT2D eigenvalue weighted by atomic mass is 10.00. The van der Waals surface area contributed by atoms with Crippen molar-refractivity contribution in [2.45, 2.75) is 82.0 Å². The van der Waals surface area contributed by atoms with Crippen molar-refractivity contribution < 1.29 is 34.8 Å². The first-order valence-electron chi connectivity index (χ1n) is 10.1. The van der Waals surface area contributed by atoms with E-state index in [0.29, 0.717) is 19.0 Å². The summed E-state index contributed by atoms with van der Waals surface area (Å²) in [5.74, 6) is -3.31. The van der Waals surface area contributed by atoms with Crippen LogP contribution >= 0.6 is 11.6 Å². The van der Waals surface area contributed by atoms with Crippen molar-refractivity contribution in [1.29, 1.82) is 0 Å². The van der Waals surface area contributed by atoms with Crippen LogP contribution in [0.3, 0.4) is 0 Å². The number of aliphatic hydroxyl groups is 4. The zero-order chi connectivity index (χ0) is 23.4. The van der Waals surface area contributed by atoms with Crippen LogP contribution in [-0.2, 0) is 10.6 Å². The van der Waals surface area contributed by atoms with E-state index in [1.165, 1.54) is 0 Å². The van der Waals surface area contributed by atoms with E-state index in [0.717, 1.165) is 25.7 Å². The summed E-state index contributed by atoms with van der Waals surface area (Å²) in [5, 5.41) is 51.3. The molecule has 1 aromatic heterocycles. The standard InChI is InChI=1S/C18H29ClFN3O8/c1-2-3-4-5-6-7-8-13(20)23(30)17(28)14(25)12(10-24)31-18(17,29)22-9-11(19)15(26)21-16(22)27/h9,12-14,24-25,28-30H,2-8,10H2,1H3,(H,21,26,27)/t12-,13?,14-,17-,18+/m1/s1. The second-order valence-corrected chi connectivity index (χ2v) is 7.97. The minimum atomic E-state index is -3.34. The van der Waals surface area contributed by atoms with Gasteiger partial charge < -0.3 is 30.4 Å². The van der Waals surface area contributed by atoms with Gasteiger partial charge in [-0.25, -0.2) is 13.8 Å². The third kappa shape index (κ3) is 4.86. The molecule has 13 heteroatoms. The molecule has 1 saturated heterocycles. The normalized spacial score (nSPS) is 29.6. The van der Waals surface area contributed by atoms with Gasteiger partial charge in [0.05, 0.1) is 6.61 Å². The fraction of sp³-hybridized carbons (Fsp3) is 0.778. The van der Waals surface area contributed by atoms with E-state index >= 15 is 0 Å². The molecule has 0 bridgehead atoms. The largest absolute Gasteiger partial charge is 0.394 e. The zero-order valence-electron chi connectivity index (χ0n) is 17.1. The van der Waals surface area contributed by atoms with Crippen LogP contribution in [0.25, 0.3) is 0 Å². The fourth-order valence-corrected chi connectivity index (χ4v) is 3.72. The Balaban J connectivity index is 2.33. The number of rotatable bonds is 11. The first-order chi connectivity index (χ1) is 14.5. The number of alkyl halides is 1. The van der Waals surface area contributed by atoms with Gasteiger partial charge in [0.25, 0.3) is 5.56 Å². The molecule has 2 heterocycles. The summed E-state index contributed by atoms with van der Waals surface area (Å²) in [6, 6.07) is 0. The summed E-state index contributed by atoms with van der Waals surface area (Å²) in [6.07, 6.45) is -1.02. The van der Waals surface area contributed by atoms with Crippen molar-refractivity contribution in [3.8, 4) is 0 Å². The van der Waals surface area contributed by atoms with Gasteiger partial charge in [-0.2, -0.15) is 0 Å². The van der Waals surface area contributed by atoms with E-state index < -0.39 is 53.0 Å². The number of nitrogens with zero attached hydrogens (tertiary/aromatic N) is 2. The molecule has 5 atom stereocenters. The molecule has 0 aromatic carbocycles. The molecule has 2 rings (SSSR count).